The lowest BCUT2D eigenvalue weighted by molar-refractivity contribution is -0.384. The molecule has 0 bridgehead atoms. The normalized spacial score (nSPS) is 11.2. The van der Waals surface area contributed by atoms with Crippen LogP contribution in [0.2, 0.25) is 0 Å². The van der Waals surface area contributed by atoms with Crippen LogP contribution in [0, 0.1) is 23.0 Å². The maximum Gasteiger partial charge on any atom is 0.269 e. The number of carbonyl (C=O) groups excluding carboxylic acids is 2. The first kappa shape index (κ1) is 27.3. The van der Waals surface area contributed by atoms with Crippen molar-refractivity contribution in [3.63, 3.8) is 0 Å². The van der Waals surface area contributed by atoms with E-state index in [1.807, 2.05) is 25.5 Å². The van der Waals surface area contributed by atoms with Gasteiger partial charge < -0.3 is 20.4 Å². The number of fused-ring (bicyclic) bond motifs is 1. The number of hydrogen-bond donors (Lipinski definition) is 2. The molecule has 202 valence electrons. The molecule has 0 aliphatic carbocycles. The standard InChI is InChI=1S/C29H31N5O5/c1-15(2)13-32-29(36)21-9-7-18(12-23(21)39-6)24-25-27(22(17(4)35)14-31-28(25)30)33(5)26(24)20-10-8-19(34(37)38)11-16(20)3/h7-12,14-15H,13H2,1-6H3,(H2,30,31)(H,32,36). The van der Waals surface area contributed by atoms with E-state index in [-0.39, 0.29) is 29.1 Å². The van der Waals surface area contributed by atoms with Gasteiger partial charge in [0.05, 0.1) is 39.8 Å². The Morgan fingerprint density at radius 1 is 1.18 bits per heavy atom. The van der Waals surface area contributed by atoms with Crippen molar-refractivity contribution in [3.8, 4) is 28.1 Å². The first-order valence-electron chi connectivity index (χ1n) is 12.5. The summed E-state index contributed by atoms with van der Waals surface area (Å²) in [7, 11) is 3.31. The number of aryl methyl sites for hydroxylation is 2. The van der Waals surface area contributed by atoms with Crippen molar-refractivity contribution in [2.24, 2.45) is 13.0 Å². The largest absolute Gasteiger partial charge is 0.496 e. The number of ether oxygens (including phenoxy) is 1. The molecule has 10 nitrogen and oxygen atoms in total. The molecule has 39 heavy (non-hydrogen) atoms. The number of hydrogen-bond acceptors (Lipinski definition) is 7. The van der Waals surface area contributed by atoms with Gasteiger partial charge >= 0.3 is 0 Å². The summed E-state index contributed by atoms with van der Waals surface area (Å²) >= 11 is 0. The number of nitrogens with zero attached hydrogens (tertiary/aromatic N) is 3. The van der Waals surface area contributed by atoms with Crippen LogP contribution in [0.1, 0.15) is 47.1 Å². The number of nitrogens with one attached hydrogen (secondary N) is 1. The number of nitrogen functional groups attached to an aromatic ring is 1. The third kappa shape index (κ3) is 4.93. The van der Waals surface area contributed by atoms with Crippen molar-refractivity contribution in [3.05, 3.63) is 69.4 Å². The lowest BCUT2D eigenvalue weighted by Gasteiger charge is -2.15. The highest BCUT2D eigenvalue weighted by Gasteiger charge is 2.26. The van der Waals surface area contributed by atoms with Crippen LogP contribution in [0.15, 0.2) is 42.6 Å². The minimum atomic E-state index is -0.442. The second kappa shape index (κ2) is 10.6. The Bertz CT molecular complexity index is 1640. The molecule has 0 unspecified atom stereocenters. The zero-order valence-electron chi connectivity index (χ0n) is 22.8. The van der Waals surface area contributed by atoms with E-state index < -0.39 is 4.92 Å². The Hall–Kier alpha value is -4.73. The van der Waals surface area contributed by atoms with Crippen molar-refractivity contribution in [2.45, 2.75) is 27.7 Å². The smallest absolute Gasteiger partial charge is 0.269 e. The molecular formula is C29H31N5O5. The van der Waals surface area contributed by atoms with E-state index in [4.69, 9.17) is 10.5 Å². The van der Waals surface area contributed by atoms with E-state index in [0.29, 0.717) is 56.7 Å². The van der Waals surface area contributed by atoms with Gasteiger partial charge in [0.25, 0.3) is 11.6 Å². The Morgan fingerprint density at radius 3 is 2.49 bits per heavy atom. The van der Waals surface area contributed by atoms with E-state index in [2.05, 4.69) is 10.3 Å². The van der Waals surface area contributed by atoms with Gasteiger partial charge in [-0.15, -0.1) is 0 Å². The van der Waals surface area contributed by atoms with Gasteiger partial charge in [-0.2, -0.15) is 0 Å². The molecule has 0 fully saturated rings. The van der Waals surface area contributed by atoms with Gasteiger partial charge in [-0.05, 0) is 49.1 Å². The van der Waals surface area contributed by atoms with Crippen LogP contribution in [-0.4, -0.2) is 39.8 Å². The molecule has 2 aromatic carbocycles. The summed E-state index contributed by atoms with van der Waals surface area (Å²) in [6, 6.07) is 9.88. The summed E-state index contributed by atoms with van der Waals surface area (Å²) in [4.78, 5) is 40.7. The Morgan fingerprint density at radius 2 is 1.90 bits per heavy atom. The van der Waals surface area contributed by atoms with Gasteiger partial charge in [-0.3, -0.25) is 19.7 Å². The molecule has 2 aromatic heterocycles. The minimum absolute atomic E-state index is 0.0272. The number of carbonyl (C=O) groups is 2. The Labute approximate surface area is 225 Å². The van der Waals surface area contributed by atoms with E-state index >= 15 is 0 Å². The molecule has 10 heteroatoms. The van der Waals surface area contributed by atoms with Gasteiger partial charge in [0.2, 0.25) is 0 Å². The molecule has 2 heterocycles. The van der Waals surface area contributed by atoms with Crippen LogP contribution in [-0.2, 0) is 7.05 Å². The maximum atomic E-state index is 12.9. The molecule has 3 N–H and O–H groups in total. The van der Waals surface area contributed by atoms with Gasteiger partial charge in [0.1, 0.15) is 11.6 Å². The van der Waals surface area contributed by atoms with Gasteiger partial charge in [0, 0.05) is 43.0 Å². The number of rotatable bonds is 8. The van der Waals surface area contributed by atoms with E-state index in [9.17, 15) is 19.7 Å². The van der Waals surface area contributed by atoms with Crippen LogP contribution in [0.5, 0.6) is 5.75 Å². The zero-order valence-corrected chi connectivity index (χ0v) is 22.8. The fourth-order valence-electron chi connectivity index (χ4n) is 4.82. The maximum absolute atomic E-state index is 12.9. The van der Waals surface area contributed by atoms with E-state index in [1.54, 1.807) is 31.2 Å². The number of amides is 1. The third-order valence-corrected chi connectivity index (χ3v) is 6.70. The fourth-order valence-corrected chi connectivity index (χ4v) is 4.82. The number of non-ortho nitro benzene ring substituents is 1. The highest BCUT2D eigenvalue weighted by atomic mass is 16.6. The van der Waals surface area contributed by atoms with E-state index in [1.165, 1.54) is 32.4 Å². The predicted molar refractivity (Wildman–Crippen MR) is 151 cm³/mol. The van der Waals surface area contributed by atoms with E-state index in [0.717, 1.165) is 5.56 Å². The highest BCUT2D eigenvalue weighted by Crippen LogP contribution is 2.45. The second-order valence-corrected chi connectivity index (χ2v) is 9.89. The lowest BCUT2D eigenvalue weighted by Crippen LogP contribution is -2.27. The van der Waals surface area contributed by atoms with Crippen molar-refractivity contribution in [2.75, 3.05) is 19.4 Å². The first-order chi connectivity index (χ1) is 18.5. The molecule has 0 atom stereocenters. The first-order valence-corrected chi connectivity index (χ1v) is 12.5. The molecular weight excluding hydrogens is 498 g/mol. The van der Waals surface area contributed by atoms with Crippen LogP contribution in [0.25, 0.3) is 33.3 Å². The average molecular weight is 530 g/mol. The number of Topliss-reactive ketones (excluding diaryl/α,β-unsaturated/α-hetero) is 1. The van der Waals surface area contributed by atoms with Crippen LogP contribution in [0.4, 0.5) is 11.5 Å². The fraction of sp³-hybridized carbons (Fsp3) is 0.276. The number of anilines is 1. The number of nitrogens with two attached hydrogens (primary N) is 1. The van der Waals surface area contributed by atoms with Gasteiger partial charge in [0.15, 0.2) is 5.78 Å². The molecule has 0 radical (unpaired) electrons. The molecule has 4 aromatic rings. The van der Waals surface area contributed by atoms with Crippen molar-refractivity contribution < 1.29 is 19.2 Å². The summed E-state index contributed by atoms with van der Waals surface area (Å²) in [6.45, 7) is 7.80. The molecule has 4 rings (SSSR count). The second-order valence-electron chi connectivity index (χ2n) is 9.89. The molecule has 0 aliphatic rings. The van der Waals surface area contributed by atoms with Gasteiger partial charge in [-0.1, -0.05) is 19.9 Å². The molecule has 0 saturated heterocycles. The SMILES string of the molecule is COc1cc(-c2c(-c3ccc([N+](=O)[O-])cc3C)n(C)c3c(C(C)=O)cnc(N)c23)ccc1C(=O)NCC(C)C. The number of ketones is 1. The van der Waals surface area contributed by atoms with Crippen molar-refractivity contribution >= 4 is 34.1 Å². The molecule has 0 saturated carbocycles. The van der Waals surface area contributed by atoms with Crippen molar-refractivity contribution in [1.29, 1.82) is 0 Å². The summed E-state index contributed by atoms with van der Waals surface area (Å²) in [6.07, 6.45) is 1.46. The zero-order chi connectivity index (χ0) is 28.6. The number of nitro benzene ring substituents is 1. The Balaban J connectivity index is 2.05. The number of methoxy groups -OCH3 is 1. The third-order valence-electron chi connectivity index (χ3n) is 6.70. The predicted octanol–water partition coefficient (Wildman–Crippen LogP) is 5.30. The number of aromatic nitrogens is 2. The number of benzene rings is 2. The quantitative estimate of drug-likeness (QED) is 0.179. The number of nitro groups is 1. The number of pyridine rings is 1. The summed E-state index contributed by atoms with van der Waals surface area (Å²) < 4.78 is 7.48. The van der Waals surface area contributed by atoms with Crippen LogP contribution in [0.3, 0.4) is 0 Å². The summed E-state index contributed by atoms with van der Waals surface area (Å²) in [5.74, 6) is 0.446. The van der Waals surface area contributed by atoms with Crippen LogP contribution >= 0.6 is 0 Å². The van der Waals surface area contributed by atoms with Gasteiger partial charge in [-0.25, -0.2) is 4.98 Å². The summed E-state index contributed by atoms with van der Waals surface area (Å²) in [5.41, 5.74) is 11.2. The molecule has 1 amide bonds. The topological polar surface area (TPSA) is 142 Å². The monoisotopic (exact) mass is 529 g/mol. The summed E-state index contributed by atoms with van der Waals surface area (Å²) in [5, 5.41) is 14.9. The molecule has 0 aliphatic heterocycles. The molecule has 0 spiro atoms. The highest BCUT2D eigenvalue weighted by molar-refractivity contribution is 6.16. The van der Waals surface area contributed by atoms with Crippen LogP contribution < -0.4 is 15.8 Å². The lowest BCUT2D eigenvalue weighted by atomic mass is 9.94. The van der Waals surface area contributed by atoms with Crippen molar-refractivity contribution in [1.82, 2.24) is 14.9 Å². The average Bonchev–Trinajstić information content (AvgIpc) is 3.20. The Kier molecular flexibility index (Phi) is 7.40. The minimum Gasteiger partial charge on any atom is -0.496 e.